The molecule has 3 rings (SSSR count). The summed E-state index contributed by atoms with van der Waals surface area (Å²) in [4.78, 5) is 11.4. The van der Waals surface area contributed by atoms with Gasteiger partial charge in [-0.05, 0) is 17.5 Å². The molecular formula is C16H19N3O. The summed E-state index contributed by atoms with van der Waals surface area (Å²) in [5, 5.41) is 0. The number of methoxy groups -OCH3 is 1. The van der Waals surface area contributed by atoms with Gasteiger partial charge < -0.3 is 4.74 Å². The van der Waals surface area contributed by atoms with Gasteiger partial charge >= 0.3 is 0 Å². The van der Waals surface area contributed by atoms with Crippen LogP contribution in [0.3, 0.4) is 0 Å². The predicted molar refractivity (Wildman–Crippen MR) is 77.0 cm³/mol. The highest BCUT2D eigenvalue weighted by Crippen LogP contribution is 2.18. The first-order valence-corrected chi connectivity index (χ1v) is 6.94. The van der Waals surface area contributed by atoms with Gasteiger partial charge in [0.15, 0.2) is 5.82 Å². The van der Waals surface area contributed by atoms with Crippen molar-refractivity contribution < 1.29 is 4.74 Å². The molecule has 20 heavy (non-hydrogen) atoms. The number of benzene rings is 1. The summed E-state index contributed by atoms with van der Waals surface area (Å²) in [5.41, 5.74) is 3.77. The maximum Gasteiger partial charge on any atom is 0.154 e. The van der Waals surface area contributed by atoms with Crippen LogP contribution in [0.1, 0.15) is 22.6 Å². The molecule has 1 aromatic carbocycles. The van der Waals surface area contributed by atoms with Gasteiger partial charge in [-0.15, -0.1) is 0 Å². The number of aromatic nitrogens is 2. The van der Waals surface area contributed by atoms with E-state index in [2.05, 4.69) is 45.2 Å². The van der Waals surface area contributed by atoms with Crippen LogP contribution >= 0.6 is 0 Å². The van der Waals surface area contributed by atoms with Crippen molar-refractivity contribution in [3.05, 3.63) is 59.2 Å². The zero-order valence-electron chi connectivity index (χ0n) is 11.7. The minimum absolute atomic E-state index is 0.478. The second kappa shape index (κ2) is 6.11. The molecule has 0 spiro atoms. The highest BCUT2D eigenvalue weighted by atomic mass is 16.5. The van der Waals surface area contributed by atoms with Gasteiger partial charge in [0.05, 0.1) is 5.69 Å². The van der Waals surface area contributed by atoms with Crippen LogP contribution in [0.15, 0.2) is 36.5 Å². The first-order chi connectivity index (χ1) is 9.85. The number of ether oxygens (including phenoxy) is 1. The van der Waals surface area contributed by atoms with Gasteiger partial charge in [-0.3, -0.25) is 4.90 Å². The van der Waals surface area contributed by atoms with E-state index in [4.69, 9.17) is 4.74 Å². The molecule has 0 saturated carbocycles. The Morgan fingerprint density at radius 1 is 1.25 bits per heavy atom. The van der Waals surface area contributed by atoms with Crippen molar-refractivity contribution in [1.82, 2.24) is 14.9 Å². The van der Waals surface area contributed by atoms with Crippen LogP contribution in [-0.4, -0.2) is 28.5 Å². The minimum Gasteiger partial charge on any atom is -0.377 e. The highest BCUT2D eigenvalue weighted by molar-refractivity contribution is 5.21. The quantitative estimate of drug-likeness (QED) is 0.852. The smallest absolute Gasteiger partial charge is 0.154 e. The minimum atomic E-state index is 0.478. The number of fused-ring (bicyclic) bond motifs is 1. The van der Waals surface area contributed by atoms with E-state index in [1.807, 2.05) is 6.20 Å². The fourth-order valence-corrected chi connectivity index (χ4v) is 2.57. The Morgan fingerprint density at radius 2 is 2.10 bits per heavy atom. The van der Waals surface area contributed by atoms with Crippen molar-refractivity contribution in [2.75, 3.05) is 13.7 Å². The molecule has 1 aliphatic heterocycles. The molecule has 2 heterocycles. The summed E-state index contributed by atoms with van der Waals surface area (Å²) < 4.78 is 5.10. The summed E-state index contributed by atoms with van der Waals surface area (Å²) >= 11 is 0. The molecule has 4 heteroatoms. The van der Waals surface area contributed by atoms with E-state index in [1.54, 1.807) is 7.11 Å². The van der Waals surface area contributed by atoms with Crippen LogP contribution in [0.4, 0.5) is 0 Å². The molecule has 0 atom stereocenters. The Bertz CT molecular complexity index is 571. The average Bonchev–Trinajstić information content (AvgIpc) is 2.48. The first-order valence-electron chi connectivity index (χ1n) is 6.94. The van der Waals surface area contributed by atoms with Crippen LogP contribution in [0.5, 0.6) is 0 Å². The largest absolute Gasteiger partial charge is 0.377 e. The molecule has 0 radical (unpaired) electrons. The molecule has 1 aromatic heterocycles. The highest BCUT2D eigenvalue weighted by Gasteiger charge is 2.18. The molecule has 0 aliphatic carbocycles. The fourth-order valence-electron chi connectivity index (χ4n) is 2.57. The Balaban J connectivity index is 1.72. The summed E-state index contributed by atoms with van der Waals surface area (Å²) in [5.74, 6) is 0.771. The van der Waals surface area contributed by atoms with E-state index in [0.717, 1.165) is 37.6 Å². The van der Waals surface area contributed by atoms with Crippen molar-refractivity contribution in [2.24, 2.45) is 0 Å². The van der Waals surface area contributed by atoms with Gasteiger partial charge in [0.2, 0.25) is 0 Å². The molecule has 1 aliphatic rings. The van der Waals surface area contributed by atoms with Crippen molar-refractivity contribution in [2.45, 2.75) is 26.1 Å². The molecular weight excluding hydrogens is 250 g/mol. The van der Waals surface area contributed by atoms with Gasteiger partial charge in [0.1, 0.15) is 6.61 Å². The molecule has 4 nitrogen and oxygen atoms in total. The van der Waals surface area contributed by atoms with Crippen LogP contribution in [0.25, 0.3) is 0 Å². The molecule has 0 bridgehead atoms. The van der Waals surface area contributed by atoms with Gasteiger partial charge in [-0.2, -0.15) is 0 Å². The van der Waals surface area contributed by atoms with Crippen LogP contribution in [-0.2, 0) is 30.9 Å². The van der Waals surface area contributed by atoms with Gasteiger partial charge in [-0.25, -0.2) is 9.97 Å². The fraction of sp³-hybridized carbons (Fsp3) is 0.375. The molecule has 2 aromatic rings. The van der Waals surface area contributed by atoms with Crippen molar-refractivity contribution in [3.8, 4) is 0 Å². The number of rotatable bonds is 4. The van der Waals surface area contributed by atoms with Crippen molar-refractivity contribution in [3.63, 3.8) is 0 Å². The molecule has 104 valence electrons. The molecule has 0 N–H and O–H groups in total. The Labute approximate surface area is 119 Å². The number of hydrogen-bond acceptors (Lipinski definition) is 4. The lowest BCUT2D eigenvalue weighted by Gasteiger charge is -2.28. The van der Waals surface area contributed by atoms with Crippen LogP contribution < -0.4 is 0 Å². The van der Waals surface area contributed by atoms with Crippen LogP contribution in [0, 0.1) is 0 Å². The zero-order chi connectivity index (χ0) is 13.8. The molecule has 0 unspecified atom stereocenters. The Kier molecular flexibility index (Phi) is 4.04. The van der Waals surface area contributed by atoms with E-state index < -0.39 is 0 Å². The summed E-state index contributed by atoms with van der Waals surface area (Å²) in [7, 11) is 1.67. The third-order valence-electron chi connectivity index (χ3n) is 3.60. The third-order valence-corrected chi connectivity index (χ3v) is 3.60. The zero-order valence-corrected chi connectivity index (χ0v) is 11.7. The lowest BCUT2D eigenvalue weighted by molar-refractivity contribution is 0.176. The van der Waals surface area contributed by atoms with Gasteiger partial charge in [0.25, 0.3) is 0 Å². The topological polar surface area (TPSA) is 38.3 Å². The van der Waals surface area contributed by atoms with E-state index in [9.17, 15) is 0 Å². The lowest BCUT2D eigenvalue weighted by atomic mass is 10.1. The third kappa shape index (κ3) is 3.03. The SMILES string of the molecule is COCc1ncc2c(n1)CN(Cc1ccccc1)CC2. The monoisotopic (exact) mass is 269 g/mol. The standard InChI is InChI=1S/C16H19N3O/c1-20-12-16-17-9-14-7-8-19(11-15(14)18-16)10-13-5-3-2-4-6-13/h2-6,9H,7-8,10-12H2,1H3. The Morgan fingerprint density at radius 3 is 2.90 bits per heavy atom. The first kappa shape index (κ1) is 13.2. The van der Waals surface area contributed by atoms with E-state index in [1.165, 1.54) is 11.1 Å². The maximum absolute atomic E-state index is 5.10. The maximum atomic E-state index is 5.10. The van der Waals surface area contributed by atoms with E-state index in [-0.39, 0.29) is 0 Å². The molecule has 0 saturated heterocycles. The number of nitrogens with zero attached hydrogens (tertiary/aromatic N) is 3. The molecule has 0 fully saturated rings. The predicted octanol–water partition coefficient (Wildman–Crippen LogP) is 2.18. The average molecular weight is 269 g/mol. The summed E-state index contributed by atoms with van der Waals surface area (Å²) in [6.45, 7) is 3.41. The summed E-state index contributed by atoms with van der Waals surface area (Å²) in [6.07, 6.45) is 2.98. The van der Waals surface area contributed by atoms with E-state index in [0.29, 0.717) is 6.61 Å². The van der Waals surface area contributed by atoms with Gasteiger partial charge in [-0.1, -0.05) is 30.3 Å². The normalized spacial score (nSPS) is 15.1. The summed E-state index contributed by atoms with van der Waals surface area (Å²) in [6, 6.07) is 10.6. The van der Waals surface area contributed by atoms with Crippen LogP contribution in [0.2, 0.25) is 0 Å². The molecule has 0 amide bonds. The Hall–Kier alpha value is -1.78. The lowest BCUT2D eigenvalue weighted by Crippen LogP contribution is -2.31. The second-order valence-electron chi connectivity index (χ2n) is 5.14. The van der Waals surface area contributed by atoms with Gasteiger partial charge in [0, 0.05) is 32.9 Å². The number of hydrogen-bond donors (Lipinski definition) is 0. The second-order valence-corrected chi connectivity index (χ2v) is 5.14. The van der Waals surface area contributed by atoms with E-state index >= 15 is 0 Å². The van der Waals surface area contributed by atoms with Crippen molar-refractivity contribution in [1.29, 1.82) is 0 Å². The van der Waals surface area contributed by atoms with Crippen molar-refractivity contribution >= 4 is 0 Å².